The summed E-state index contributed by atoms with van der Waals surface area (Å²) >= 11 is 6.84. The summed E-state index contributed by atoms with van der Waals surface area (Å²) < 4.78 is 4.64. The number of alkyl halides is 2. The van der Waals surface area contributed by atoms with Crippen molar-refractivity contribution in [2.45, 2.75) is 16.1 Å². The number of halogens is 2. The molecule has 1 rings (SSSR count). The first kappa shape index (κ1) is 12.7. The second kappa shape index (κ2) is 6.28. The Labute approximate surface area is 106 Å². The lowest BCUT2D eigenvalue weighted by atomic mass is 10.1. The van der Waals surface area contributed by atoms with Crippen LogP contribution in [0.1, 0.15) is 16.8 Å². The van der Waals surface area contributed by atoms with Crippen molar-refractivity contribution in [2.24, 2.45) is 0 Å². The number of ether oxygens (including phenoxy) is 1. The number of benzene rings is 1. The molecule has 2 nitrogen and oxygen atoms in total. The summed E-state index contributed by atoms with van der Waals surface area (Å²) in [4.78, 5) is 11.1. The van der Waals surface area contributed by atoms with E-state index in [9.17, 15) is 4.79 Å². The minimum Gasteiger partial charge on any atom is -0.468 e. The third-order valence-corrected chi connectivity index (χ3v) is 3.68. The van der Waals surface area contributed by atoms with E-state index in [4.69, 9.17) is 0 Å². The fourth-order valence-corrected chi connectivity index (χ4v) is 2.95. The molecule has 1 aromatic carbocycles. The van der Waals surface area contributed by atoms with E-state index >= 15 is 0 Å². The second-order valence-corrected chi connectivity index (χ2v) is 5.32. The molecule has 2 atom stereocenters. The molecule has 0 saturated carbocycles. The quantitative estimate of drug-likeness (QED) is 0.622. The van der Waals surface area contributed by atoms with Gasteiger partial charge in [-0.1, -0.05) is 62.2 Å². The molecule has 2 unspecified atom stereocenters. The van der Waals surface area contributed by atoms with Crippen LogP contribution in [0.2, 0.25) is 0 Å². The standard InChI is InChI=1S/C11H12Br2O2/c1-15-11(14)10(13)7-9(12)8-5-3-2-4-6-8/h2-6,9-10H,7H2,1H3. The zero-order valence-electron chi connectivity index (χ0n) is 8.32. The van der Waals surface area contributed by atoms with Crippen LogP contribution < -0.4 is 0 Å². The van der Waals surface area contributed by atoms with Crippen LogP contribution in [-0.2, 0) is 9.53 Å². The maximum absolute atomic E-state index is 11.2. The third kappa shape index (κ3) is 3.95. The van der Waals surface area contributed by atoms with Crippen molar-refractivity contribution in [3.8, 4) is 0 Å². The average molecular weight is 336 g/mol. The van der Waals surface area contributed by atoms with Crippen molar-refractivity contribution in [3.05, 3.63) is 35.9 Å². The van der Waals surface area contributed by atoms with Crippen LogP contribution in [0.5, 0.6) is 0 Å². The predicted octanol–water partition coefficient (Wildman–Crippen LogP) is 3.45. The summed E-state index contributed by atoms with van der Waals surface area (Å²) in [5.74, 6) is -0.240. The first-order chi connectivity index (χ1) is 7.15. The van der Waals surface area contributed by atoms with Gasteiger partial charge in [-0.15, -0.1) is 0 Å². The number of rotatable bonds is 4. The smallest absolute Gasteiger partial charge is 0.319 e. The van der Waals surface area contributed by atoms with E-state index in [1.165, 1.54) is 7.11 Å². The Morgan fingerprint density at radius 2 is 1.93 bits per heavy atom. The molecule has 0 aliphatic carbocycles. The Kier molecular flexibility index (Phi) is 5.32. The van der Waals surface area contributed by atoms with Gasteiger partial charge in [0.05, 0.1) is 7.11 Å². The van der Waals surface area contributed by atoms with Crippen LogP contribution >= 0.6 is 31.9 Å². The highest BCUT2D eigenvalue weighted by Crippen LogP contribution is 2.30. The molecule has 0 aliphatic rings. The van der Waals surface area contributed by atoms with E-state index in [1.54, 1.807) is 0 Å². The van der Waals surface area contributed by atoms with Crippen LogP contribution in [0.15, 0.2) is 30.3 Å². The van der Waals surface area contributed by atoms with Gasteiger partial charge >= 0.3 is 5.97 Å². The summed E-state index contributed by atoms with van der Waals surface area (Å²) in [5, 5.41) is 0. The van der Waals surface area contributed by atoms with E-state index < -0.39 is 0 Å². The van der Waals surface area contributed by atoms with Crippen molar-refractivity contribution in [2.75, 3.05) is 7.11 Å². The SMILES string of the molecule is COC(=O)C(Br)CC(Br)c1ccccc1. The lowest BCUT2D eigenvalue weighted by Crippen LogP contribution is -2.17. The van der Waals surface area contributed by atoms with E-state index in [0.717, 1.165) is 5.56 Å². The van der Waals surface area contributed by atoms with Crippen LogP contribution in [0, 0.1) is 0 Å². The highest BCUT2D eigenvalue weighted by Gasteiger charge is 2.20. The van der Waals surface area contributed by atoms with Crippen molar-refractivity contribution < 1.29 is 9.53 Å². The maximum Gasteiger partial charge on any atom is 0.319 e. The number of methoxy groups -OCH3 is 1. The highest BCUT2D eigenvalue weighted by atomic mass is 79.9. The Morgan fingerprint density at radius 1 is 1.33 bits per heavy atom. The second-order valence-electron chi connectivity index (χ2n) is 3.10. The molecule has 0 bridgehead atoms. The molecule has 0 spiro atoms. The normalized spacial score (nSPS) is 14.3. The number of carbonyl (C=O) groups excluding carboxylic acids is 1. The van der Waals surface area contributed by atoms with Gasteiger partial charge in [0, 0.05) is 4.83 Å². The number of hydrogen-bond donors (Lipinski definition) is 0. The Bertz CT molecular complexity index is 314. The molecule has 0 saturated heterocycles. The van der Waals surface area contributed by atoms with E-state index in [0.29, 0.717) is 6.42 Å². The van der Waals surface area contributed by atoms with E-state index in [1.807, 2.05) is 30.3 Å². The first-order valence-corrected chi connectivity index (χ1v) is 6.39. The molecule has 0 fully saturated rings. The minimum absolute atomic E-state index is 0.155. The molecule has 1 aromatic rings. The number of hydrogen-bond acceptors (Lipinski definition) is 2. The first-order valence-electron chi connectivity index (χ1n) is 4.56. The molecule has 0 aromatic heterocycles. The van der Waals surface area contributed by atoms with Crippen LogP contribution in [-0.4, -0.2) is 17.9 Å². The number of esters is 1. The summed E-state index contributed by atoms with van der Waals surface area (Å²) in [6, 6.07) is 9.97. The van der Waals surface area contributed by atoms with E-state index in [-0.39, 0.29) is 15.6 Å². The van der Waals surface area contributed by atoms with Gasteiger partial charge in [-0.05, 0) is 12.0 Å². The van der Waals surface area contributed by atoms with Gasteiger partial charge in [0.15, 0.2) is 0 Å². The Hall–Kier alpha value is -0.350. The van der Waals surface area contributed by atoms with Crippen LogP contribution in [0.3, 0.4) is 0 Å². The molecule has 82 valence electrons. The monoisotopic (exact) mass is 334 g/mol. The highest BCUT2D eigenvalue weighted by molar-refractivity contribution is 9.10. The van der Waals surface area contributed by atoms with Gasteiger partial charge in [-0.2, -0.15) is 0 Å². The molecule has 0 aliphatic heterocycles. The van der Waals surface area contributed by atoms with Gasteiger partial charge in [0.25, 0.3) is 0 Å². The Morgan fingerprint density at radius 3 is 2.47 bits per heavy atom. The molecule has 15 heavy (non-hydrogen) atoms. The topological polar surface area (TPSA) is 26.3 Å². The minimum atomic E-state index is -0.271. The fraction of sp³-hybridized carbons (Fsp3) is 0.364. The van der Waals surface area contributed by atoms with Gasteiger partial charge in [-0.3, -0.25) is 4.79 Å². The summed E-state index contributed by atoms with van der Waals surface area (Å²) in [6.45, 7) is 0. The molecule has 0 N–H and O–H groups in total. The average Bonchev–Trinajstić information content (AvgIpc) is 2.29. The molecular formula is C11H12Br2O2. The summed E-state index contributed by atoms with van der Waals surface area (Å²) in [5.41, 5.74) is 1.16. The van der Waals surface area contributed by atoms with Gasteiger partial charge in [0.2, 0.25) is 0 Å². The van der Waals surface area contributed by atoms with Gasteiger partial charge in [0.1, 0.15) is 4.83 Å². The summed E-state index contributed by atoms with van der Waals surface area (Å²) in [7, 11) is 1.39. The van der Waals surface area contributed by atoms with Crippen LogP contribution in [0.25, 0.3) is 0 Å². The van der Waals surface area contributed by atoms with E-state index in [2.05, 4.69) is 36.6 Å². The lowest BCUT2D eigenvalue weighted by molar-refractivity contribution is -0.139. The van der Waals surface area contributed by atoms with Crippen molar-refractivity contribution >= 4 is 37.8 Å². The third-order valence-electron chi connectivity index (χ3n) is 2.03. The molecule has 0 radical (unpaired) electrons. The molecule has 0 heterocycles. The van der Waals surface area contributed by atoms with Crippen molar-refractivity contribution in [3.63, 3.8) is 0 Å². The number of carbonyl (C=O) groups is 1. The predicted molar refractivity (Wildman–Crippen MR) is 67.5 cm³/mol. The summed E-state index contributed by atoms with van der Waals surface area (Å²) in [6.07, 6.45) is 0.663. The van der Waals surface area contributed by atoms with Crippen molar-refractivity contribution in [1.29, 1.82) is 0 Å². The molecule has 4 heteroatoms. The largest absolute Gasteiger partial charge is 0.468 e. The zero-order valence-corrected chi connectivity index (χ0v) is 11.5. The lowest BCUT2D eigenvalue weighted by Gasteiger charge is -2.13. The molecular weight excluding hydrogens is 324 g/mol. The zero-order chi connectivity index (χ0) is 11.3. The van der Waals surface area contributed by atoms with Gasteiger partial charge < -0.3 is 4.74 Å². The fourth-order valence-electron chi connectivity index (χ4n) is 1.20. The Balaban J connectivity index is 2.56. The van der Waals surface area contributed by atoms with Gasteiger partial charge in [-0.25, -0.2) is 0 Å². The van der Waals surface area contributed by atoms with Crippen LogP contribution in [0.4, 0.5) is 0 Å². The van der Waals surface area contributed by atoms with Crippen molar-refractivity contribution in [1.82, 2.24) is 0 Å². The maximum atomic E-state index is 11.2. The molecule has 0 amide bonds.